The molecule has 0 N–H and O–H groups in total. The Labute approximate surface area is 158 Å². The molecule has 0 radical (unpaired) electrons. The standard InChI is InChI=1S/C20H15F2N5O/c1-28-14-5-3-13(4-6-14)20(8-9-20)18-24-25-19-23-11-17(26-27(18)19)12-2-7-15(21)16(22)10-12/h2-7,10-11H,8-9H2,1H3. The topological polar surface area (TPSA) is 65.2 Å². The van der Waals surface area contributed by atoms with E-state index in [2.05, 4.69) is 20.3 Å². The fraction of sp³-hybridized carbons (Fsp3) is 0.200. The van der Waals surface area contributed by atoms with Crippen molar-refractivity contribution in [2.75, 3.05) is 7.11 Å². The molecule has 1 fully saturated rings. The van der Waals surface area contributed by atoms with Crippen molar-refractivity contribution in [3.63, 3.8) is 0 Å². The highest BCUT2D eigenvalue weighted by atomic mass is 19.2. The molecule has 1 saturated carbocycles. The summed E-state index contributed by atoms with van der Waals surface area (Å²) in [4.78, 5) is 4.28. The van der Waals surface area contributed by atoms with Crippen LogP contribution in [-0.4, -0.2) is 31.9 Å². The number of hydrogen-bond donors (Lipinski definition) is 0. The molecule has 4 aromatic rings. The fourth-order valence-electron chi connectivity index (χ4n) is 3.46. The van der Waals surface area contributed by atoms with Gasteiger partial charge in [0.2, 0.25) is 0 Å². The van der Waals surface area contributed by atoms with Gasteiger partial charge in [0.1, 0.15) is 11.4 Å². The average Bonchev–Trinajstić information content (AvgIpc) is 3.42. The SMILES string of the molecule is COc1ccc(C2(c3nnc4ncc(-c5ccc(F)c(F)c5)nn34)CC2)cc1. The highest BCUT2D eigenvalue weighted by Crippen LogP contribution is 2.52. The first-order valence-electron chi connectivity index (χ1n) is 8.80. The quantitative estimate of drug-likeness (QED) is 0.543. The molecule has 140 valence electrons. The highest BCUT2D eigenvalue weighted by Gasteiger charge is 2.50. The maximum atomic E-state index is 13.6. The van der Waals surface area contributed by atoms with E-state index < -0.39 is 11.6 Å². The van der Waals surface area contributed by atoms with E-state index in [1.54, 1.807) is 11.6 Å². The summed E-state index contributed by atoms with van der Waals surface area (Å²) in [5.74, 6) is -0.00345. The number of hydrogen-bond acceptors (Lipinski definition) is 5. The van der Waals surface area contributed by atoms with Crippen molar-refractivity contribution in [3.8, 4) is 17.0 Å². The lowest BCUT2D eigenvalue weighted by Gasteiger charge is -2.14. The Morgan fingerprint density at radius 2 is 1.79 bits per heavy atom. The number of benzene rings is 2. The van der Waals surface area contributed by atoms with Crippen LogP contribution in [0.5, 0.6) is 5.75 Å². The lowest BCUT2D eigenvalue weighted by atomic mass is 9.95. The van der Waals surface area contributed by atoms with Gasteiger partial charge in [-0.3, -0.25) is 0 Å². The van der Waals surface area contributed by atoms with Gasteiger partial charge in [-0.05, 0) is 48.7 Å². The van der Waals surface area contributed by atoms with Crippen LogP contribution in [0.3, 0.4) is 0 Å². The predicted molar refractivity (Wildman–Crippen MR) is 96.9 cm³/mol. The number of fused-ring (bicyclic) bond motifs is 1. The number of methoxy groups -OCH3 is 1. The minimum absolute atomic E-state index is 0.285. The molecule has 0 atom stereocenters. The van der Waals surface area contributed by atoms with Crippen LogP contribution in [-0.2, 0) is 5.41 Å². The van der Waals surface area contributed by atoms with Crippen LogP contribution in [0, 0.1) is 11.6 Å². The molecule has 2 aromatic carbocycles. The zero-order valence-electron chi connectivity index (χ0n) is 14.9. The number of rotatable bonds is 4. The van der Waals surface area contributed by atoms with E-state index >= 15 is 0 Å². The number of nitrogens with zero attached hydrogens (tertiary/aromatic N) is 5. The Bertz CT molecular complexity index is 1190. The molecule has 0 aliphatic heterocycles. The first-order valence-corrected chi connectivity index (χ1v) is 8.80. The van der Waals surface area contributed by atoms with Gasteiger partial charge in [0.25, 0.3) is 5.78 Å². The van der Waals surface area contributed by atoms with Gasteiger partial charge in [-0.2, -0.15) is 9.61 Å². The molecule has 1 aliphatic carbocycles. The van der Waals surface area contributed by atoms with Crippen molar-refractivity contribution in [3.05, 3.63) is 71.7 Å². The molecule has 2 aromatic heterocycles. The highest BCUT2D eigenvalue weighted by molar-refractivity contribution is 5.58. The molecule has 0 amide bonds. The molecule has 6 nitrogen and oxygen atoms in total. The van der Waals surface area contributed by atoms with Crippen molar-refractivity contribution in [1.82, 2.24) is 24.8 Å². The lowest BCUT2D eigenvalue weighted by molar-refractivity contribution is 0.414. The van der Waals surface area contributed by atoms with Crippen LogP contribution in [0.15, 0.2) is 48.7 Å². The molecular formula is C20H15F2N5O. The predicted octanol–water partition coefficient (Wildman–Crippen LogP) is 3.55. The van der Waals surface area contributed by atoms with Crippen molar-refractivity contribution in [1.29, 1.82) is 0 Å². The molecule has 5 rings (SSSR count). The van der Waals surface area contributed by atoms with Gasteiger partial charge in [-0.1, -0.05) is 12.1 Å². The van der Waals surface area contributed by atoms with E-state index in [4.69, 9.17) is 4.74 Å². The van der Waals surface area contributed by atoms with E-state index in [1.165, 1.54) is 12.3 Å². The molecule has 2 heterocycles. The van der Waals surface area contributed by atoms with E-state index in [0.717, 1.165) is 36.3 Å². The number of aromatic nitrogens is 5. The largest absolute Gasteiger partial charge is 0.497 e. The zero-order valence-corrected chi connectivity index (χ0v) is 14.9. The minimum atomic E-state index is -0.930. The summed E-state index contributed by atoms with van der Waals surface area (Å²) in [6.07, 6.45) is 3.31. The van der Waals surface area contributed by atoms with Crippen molar-refractivity contribution < 1.29 is 13.5 Å². The molecule has 28 heavy (non-hydrogen) atoms. The van der Waals surface area contributed by atoms with Crippen LogP contribution < -0.4 is 4.74 Å². The molecular weight excluding hydrogens is 364 g/mol. The summed E-state index contributed by atoms with van der Waals surface area (Å²) in [6, 6.07) is 11.5. The van der Waals surface area contributed by atoms with Crippen LogP contribution in [0.25, 0.3) is 17.0 Å². The second-order valence-corrected chi connectivity index (χ2v) is 6.82. The number of ether oxygens (including phenoxy) is 1. The van der Waals surface area contributed by atoms with Gasteiger partial charge in [0.05, 0.1) is 18.7 Å². The maximum absolute atomic E-state index is 13.6. The normalized spacial score (nSPS) is 15.0. The minimum Gasteiger partial charge on any atom is -0.497 e. The molecule has 0 spiro atoms. The Balaban J connectivity index is 1.61. The third-order valence-corrected chi connectivity index (χ3v) is 5.17. The fourth-order valence-corrected chi connectivity index (χ4v) is 3.46. The Morgan fingerprint density at radius 1 is 1.00 bits per heavy atom. The third kappa shape index (κ3) is 2.52. The summed E-state index contributed by atoms with van der Waals surface area (Å²) in [7, 11) is 1.63. The van der Waals surface area contributed by atoms with Gasteiger partial charge in [-0.15, -0.1) is 10.2 Å². The van der Waals surface area contributed by atoms with Gasteiger partial charge in [-0.25, -0.2) is 13.8 Å². The lowest BCUT2D eigenvalue weighted by Crippen LogP contribution is -2.15. The summed E-state index contributed by atoms with van der Waals surface area (Å²) >= 11 is 0. The van der Waals surface area contributed by atoms with Crippen LogP contribution in [0.2, 0.25) is 0 Å². The Hall–Kier alpha value is -3.42. The molecule has 0 bridgehead atoms. The second-order valence-electron chi connectivity index (χ2n) is 6.82. The summed E-state index contributed by atoms with van der Waals surface area (Å²) in [5, 5.41) is 13.0. The van der Waals surface area contributed by atoms with Gasteiger partial charge in [0, 0.05) is 5.56 Å². The van der Waals surface area contributed by atoms with Crippen molar-refractivity contribution in [2.45, 2.75) is 18.3 Å². The Morgan fingerprint density at radius 3 is 2.46 bits per heavy atom. The van der Waals surface area contributed by atoms with E-state index in [1.807, 2.05) is 24.3 Å². The van der Waals surface area contributed by atoms with E-state index in [-0.39, 0.29) is 5.41 Å². The smallest absolute Gasteiger partial charge is 0.271 e. The molecule has 8 heteroatoms. The van der Waals surface area contributed by atoms with Crippen LogP contribution in [0.1, 0.15) is 24.2 Å². The first kappa shape index (κ1) is 16.7. The van der Waals surface area contributed by atoms with E-state index in [9.17, 15) is 8.78 Å². The summed E-state index contributed by atoms with van der Waals surface area (Å²) in [6.45, 7) is 0. The third-order valence-electron chi connectivity index (χ3n) is 5.17. The molecule has 0 unspecified atom stereocenters. The van der Waals surface area contributed by atoms with Crippen LogP contribution >= 0.6 is 0 Å². The van der Waals surface area contributed by atoms with Crippen molar-refractivity contribution >= 4 is 5.78 Å². The van der Waals surface area contributed by atoms with Gasteiger partial charge >= 0.3 is 0 Å². The monoisotopic (exact) mass is 379 g/mol. The number of halogens is 2. The zero-order chi connectivity index (χ0) is 19.3. The summed E-state index contributed by atoms with van der Waals surface area (Å²) in [5.41, 5.74) is 1.66. The molecule has 1 aliphatic rings. The van der Waals surface area contributed by atoms with Gasteiger partial charge in [0.15, 0.2) is 17.5 Å². The first-order chi connectivity index (χ1) is 13.6. The van der Waals surface area contributed by atoms with Crippen LogP contribution in [0.4, 0.5) is 8.78 Å². The van der Waals surface area contributed by atoms with Crippen molar-refractivity contribution in [2.24, 2.45) is 0 Å². The average molecular weight is 379 g/mol. The maximum Gasteiger partial charge on any atom is 0.271 e. The second kappa shape index (κ2) is 6.05. The van der Waals surface area contributed by atoms with E-state index in [0.29, 0.717) is 22.9 Å². The summed E-state index contributed by atoms with van der Waals surface area (Å²) < 4.78 is 33.7. The Kier molecular flexibility index (Phi) is 3.61. The molecule has 0 saturated heterocycles. The van der Waals surface area contributed by atoms with Gasteiger partial charge < -0.3 is 4.74 Å².